The molecule has 0 bridgehead atoms. The minimum atomic E-state index is -3.01. The third-order valence-corrected chi connectivity index (χ3v) is 1.97. The van der Waals surface area contributed by atoms with Gasteiger partial charge in [0.05, 0.1) is 16.4 Å². The standard InChI is InChI=1S/C7H5ClF2N2O3/c8-1-3-4(12(14)15)2-11-5(6(3)13)7(9)10/h2,7,13H,1H2. The highest BCUT2D eigenvalue weighted by Crippen LogP contribution is 2.35. The molecular formula is C7H5ClF2N2O3. The first-order valence-corrected chi connectivity index (χ1v) is 4.21. The molecule has 1 aromatic heterocycles. The van der Waals surface area contributed by atoms with E-state index in [9.17, 15) is 24.0 Å². The molecule has 0 radical (unpaired) electrons. The van der Waals surface area contributed by atoms with Crippen LogP contribution in [0.3, 0.4) is 0 Å². The second kappa shape index (κ2) is 4.35. The van der Waals surface area contributed by atoms with Crippen molar-refractivity contribution in [2.24, 2.45) is 0 Å². The monoisotopic (exact) mass is 238 g/mol. The molecule has 1 heterocycles. The van der Waals surface area contributed by atoms with Crippen LogP contribution in [0.1, 0.15) is 17.7 Å². The zero-order valence-corrected chi connectivity index (χ0v) is 7.91. The van der Waals surface area contributed by atoms with Crippen LogP contribution in [-0.4, -0.2) is 15.0 Å². The number of nitrogens with zero attached hydrogens (tertiary/aromatic N) is 2. The minimum Gasteiger partial charge on any atom is -0.505 e. The van der Waals surface area contributed by atoms with Crippen molar-refractivity contribution >= 4 is 17.3 Å². The summed E-state index contributed by atoms with van der Waals surface area (Å²) in [5.41, 5.74) is -1.84. The molecule has 0 aliphatic rings. The number of hydrogen-bond acceptors (Lipinski definition) is 4. The quantitative estimate of drug-likeness (QED) is 0.498. The van der Waals surface area contributed by atoms with Gasteiger partial charge in [-0.2, -0.15) is 0 Å². The summed E-state index contributed by atoms with van der Waals surface area (Å²) in [5, 5.41) is 19.7. The molecule has 8 heteroatoms. The lowest BCUT2D eigenvalue weighted by Crippen LogP contribution is -2.00. The number of aromatic nitrogens is 1. The zero-order chi connectivity index (χ0) is 11.6. The molecule has 0 unspecified atom stereocenters. The van der Waals surface area contributed by atoms with Crippen molar-refractivity contribution in [1.29, 1.82) is 0 Å². The first kappa shape index (κ1) is 11.6. The zero-order valence-electron chi connectivity index (χ0n) is 7.15. The van der Waals surface area contributed by atoms with Gasteiger partial charge in [-0.1, -0.05) is 0 Å². The first-order chi connectivity index (χ1) is 6.99. The maximum atomic E-state index is 12.2. The van der Waals surface area contributed by atoms with E-state index in [1.807, 2.05) is 0 Å². The van der Waals surface area contributed by atoms with E-state index in [0.717, 1.165) is 0 Å². The second-order valence-electron chi connectivity index (χ2n) is 2.55. The number of hydrogen-bond donors (Lipinski definition) is 1. The van der Waals surface area contributed by atoms with Crippen molar-refractivity contribution < 1.29 is 18.8 Å². The summed E-state index contributed by atoms with van der Waals surface area (Å²) in [5.74, 6) is -1.36. The largest absolute Gasteiger partial charge is 0.505 e. The smallest absolute Gasteiger partial charge is 0.295 e. The van der Waals surface area contributed by atoms with Gasteiger partial charge < -0.3 is 5.11 Å². The minimum absolute atomic E-state index is 0.355. The van der Waals surface area contributed by atoms with E-state index in [4.69, 9.17) is 11.6 Å². The van der Waals surface area contributed by atoms with Crippen molar-refractivity contribution in [2.45, 2.75) is 12.3 Å². The van der Waals surface area contributed by atoms with Gasteiger partial charge in [-0.3, -0.25) is 10.1 Å². The highest BCUT2D eigenvalue weighted by Gasteiger charge is 2.25. The molecule has 0 aromatic carbocycles. The third-order valence-electron chi connectivity index (χ3n) is 1.70. The summed E-state index contributed by atoms with van der Waals surface area (Å²) in [6, 6.07) is 0. The van der Waals surface area contributed by atoms with Gasteiger partial charge in [0.15, 0.2) is 5.75 Å². The number of alkyl halides is 3. The van der Waals surface area contributed by atoms with Gasteiger partial charge in [0, 0.05) is 0 Å². The molecule has 0 fully saturated rings. The summed E-state index contributed by atoms with van der Waals surface area (Å²) in [7, 11) is 0. The van der Waals surface area contributed by atoms with Gasteiger partial charge in [-0.15, -0.1) is 11.6 Å². The average molecular weight is 239 g/mol. The molecule has 0 aliphatic heterocycles. The first-order valence-electron chi connectivity index (χ1n) is 3.68. The van der Waals surface area contributed by atoms with Crippen LogP contribution in [0.2, 0.25) is 0 Å². The van der Waals surface area contributed by atoms with Crippen LogP contribution in [0.25, 0.3) is 0 Å². The van der Waals surface area contributed by atoms with Crippen molar-refractivity contribution in [1.82, 2.24) is 4.98 Å². The predicted octanol–water partition coefficient (Wildman–Crippen LogP) is 2.37. The Kier molecular flexibility index (Phi) is 3.35. The Bertz CT molecular complexity index is 400. The number of aromatic hydroxyl groups is 1. The summed E-state index contributed by atoms with van der Waals surface area (Å²) in [6.45, 7) is 0. The van der Waals surface area contributed by atoms with Gasteiger partial charge in [-0.05, 0) is 0 Å². The maximum Gasteiger partial charge on any atom is 0.295 e. The molecule has 0 saturated carbocycles. The van der Waals surface area contributed by atoms with E-state index in [-0.39, 0.29) is 5.56 Å². The second-order valence-corrected chi connectivity index (χ2v) is 2.81. The Labute approximate surface area is 87.5 Å². The molecule has 1 aromatic rings. The lowest BCUT2D eigenvalue weighted by molar-refractivity contribution is -0.385. The maximum absolute atomic E-state index is 12.2. The Balaban J connectivity index is 3.39. The van der Waals surface area contributed by atoms with Crippen molar-refractivity contribution in [2.75, 3.05) is 0 Å². The summed E-state index contributed by atoms with van der Waals surface area (Å²) >= 11 is 5.32. The van der Waals surface area contributed by atoms with Crippen molar-refractivity contribution in [3.05, 3.63) is 27.6 Å². The molecule has 0 aliphatic carbocycles. The highest BCUT2D eigenvalue weighted by molar-refractivity contribution is 6.17. The third kappa shape index (κ3) is 2.12. The predicted molar refractivity (Wildman–Crippen MR) is 47.1 cm³/mol. The fourth-order valence-corrected chi connectivity index (χ4v) is 1.26. The van der Waals surface area contributed by atoms with Crippen LogP contribution >= 0.6 is 11.6 Å². The van der Waals surface area contributed by atoms with Crippen LogP contribution in [0.5, 0.6) is 5.75 Å². The van der Waals surface area contributed by atoms with E-state index < -0.39 is 34.4 Å². The summed E-state index contributed by atoms with van der Waals surface area (Å²) in [6.07, 6.45) is -2.35. The fourth-order valence-electron chi connectivity index (χ4n) is 0.994. The molecule has 82 valence electrons. The van der Waals surface area contributed by atoms with Crippen LogP contribution in [0.4, 0.5) is 14.5 Å². The van der Waals surface area contributed by atoms with Gasteiger partial charge in [0.1, 0.15) is 11.9 Å². The Morgan fingerprint density at radius 2 is 2.27 bits per heavy atom. The van der Waals surface area contributed by atoms with E-state index in [1.165, 1.54) is 0 Å². The Morgan fingerprint density at radius 1 is 1.67 bits per heavy atom. The molecule has 0 spiro atoms. The number of pyridine rings is 1. The molecule has 1 rings (SSSR count). The van der Waals surface area contributed by atoms with Gasteiger partial charge >= 0.3 is 0 Å². The molecule has 0 atom stereocenters. The lowest BCUT2D eigenvalue weighted by atomic mass is 10.2. The molecule has 0 amide bonds. The number of halogens is 3. The molecule has 5 nitrogen and oxygen atoms in total. The Morgan fingerprint density at radius 3 is 2.67 bits per heavy atom. The fraction of sp³-hybridized carbons (Fsp3) is 0.286. The lowest BCUT2D eigenvalue weighted by Gasteiger charge is -2.06. The molecular weight excluding hydrogens is 234 g/mol. The molecule has 0 saturated heterocycles. The van der Waals surface area contributed by atoms with E-state index in [0.29, 0.717) is 6.20 Å². The van der Waals surface area contributed by atoms with Crippen LogP contribution < -0.4 is 0 Å². The SMILES string of the molecule is O=[N+]([O-])c1cnc(C(F)F)c(O)c1CCl. The molecule has 1 N–H and O–H groups in total. The van der Waals surface area contributed by atoms with Crippen LogP contribution in [-0.2, 0) is 5.88 Å². The van der Waals surface area contributed by atoms with Crippen molar-refractivity contribution in [3.8, 4) is 5.75 Å². The number of nitro groups is 1. The normalized spacial score (nSPS) is 10.7. The number of rotatable bonds is 3. The van der Waals surface area contributed by atoms with E-state index in [2.05, 4.69) is 4.98 Å². The summed E-state index contributed by atoms with van der Waals surface area (Å²) < 4.78 is 24.5. The Hall–Kier alpha value is -1.50. The summed E-state index contributed by atoms with van der Waals surface area (Å²) in [4.78, 5) is 12.7. The van der Waals surface area contributed by atoms with Gasteiger partial charge in [0.2, 0.25) is 0 Å². The van der Waals surface area contributed by atoms with Crippen LogP contribution in [0.15, 0.2) is 6.20 Å². The topological polar surface area (TPSA) is 76.3 Å². The van der Waals surface area contributed by atoms with Crippen molar-refractivity contribution in [3.63, 3.8) is 0 Å². The van der Waals surface area contributed by atoms with E-state index in [1.54, 1.807) is 0 Å². The molecule has 15 heavy (non-hydrogen) atoms. The average Bonchev–Trinajstić information content (AvgIpc) is 2.16. The van der Waals surface area contributed by atoms with Crippen LogP contribution in [0, 0.1) is 10.1 Å². The highest BCUT2D eigenvalue weighted by atomic mass is 35.5. The van der Waals surface area contributed by atoms with Gasteiger partial charge in [0.25, 0.3) is 12.1 Å². The van der Waals surface area contributed by atoms with E-state index >= 15 is 0 Å². The van der Waals surface area contributed by atoms with Gasteiger partial charge in [-0.25, -0.2) is 13.8 Å².